The summed E-state index contributed by atoms with van der Waals surface area (Å²) in [5.41, 5.74) is 2.55. The summed E-state index contributed by atoms with van der Waals surface area (Å²) in [6.07, 6.45) is 10.1. The number of rotatable bonds is 2. The van der Waals surface area contributed by atoms with Crippen LogP contribution in [-0.2, 0) is 12.5 Å². The van der Waals surface area contributed by atoms with E-state index in [1.807, 2.05) is 29.9 Å². The Kier molecular flexibility index (Phi) is 2.74. The van der Waals surface area contributed by atoms with E-state index in [0.717, 1.165) is 29.0 Å². The molecule has 120 valence electrons. The second kappa shape index (κ2) is 4.62. The van der Waals surface area contributed by atoms with Gasteiger partial charge in [0.1, 0.15) is 0 Å². The third kappa shape index (κ3) is 1.92. The van der Waals surface area contributed by atoms with Crippen LogP contribution in [0, 0.1) is 17.8 Å². The van der Waals surface area contributed by atoms with Crippen LogP contribution in [0.5, 0.6) is 0 Å². The van der Waals surface area contributed by atoms with Gasteiger partial charge in [0, 0.05) is 24.2 Å². The Bertz CT molecular complexity index is 764. The molecule has 6 rings (SSSR count). The Hall–Kier alpha value is -1.77. The Morgan fingerprint density at radius 1 is 0.957 bits per heavy atom. The normalized spacial score (nSPS) is 34.9. The largest absolute Gasteiger partial charge is 0.270 e. The van der Waals surface area contributed by atoms with Gasteiger partial charge in [0.25, 0.3) is 5.56 Å². The minimum atomic E-state index is 0.170. The average molecular weight is 308 g/mol. The summed E-state index contributed by atoms with van der Waals surface area (Å²) in [7, 11) is 1.90. The molecular weight excluding hydrogens is 284 g/mol. The molecule has 0 amide bonds. The van der Waals surface area contributed by atoms with Gasteiger partial charge in [-0.3, -0.25) is 9.48 Å². The summed E-state index contributed by atoms with van der Waals surface area (Å²) < 4.78 is 3.83. The highest BCUT2D eigenvalue weighted by Gasteiger charge is 2.53. The summed E-state index contributed by atoms with van der Waals surface area (Å²) in [5.74, 6) is 2.60. The fourth-order valence-electron chi connectivity index (χ4n) is 6.17. The summed E-state index contributed by atoms with van der Waals surface area (Å²) in [5, 5.41) is 0. The Balaban J connectivity index is 1.63. The highest BCUT2D eigenvalue weighted by atomic mass is 16.1. The number of benzene rings is 1. The van der Waals surface area contributed by atoms with Crippen LogP contribution in [0.2, 0.25) is 0 Å². The number of hydrogen-bond donors (Lipinski definition) is 0. The zero-order valence-electron chi connectivity index (χ0n) is 13.7. The first kappa shape index (κ1) is 13.6. The van der Waals surface area contributed by atoms with Crippen LogP contribution >= 0.6 is 0 Å². The lowest BCUT2D eigenvalue weighted by atomic mass is 9.48. The van der Waals surface area contributed by atoms with E-state index in [1.165, 1.54) is 38.5 Å². The molecule has 0 saturated heterocycles. The summed E-state index contributed by atoms with van der Waals surface area (Å²) in [6.45, 7) is 0. The van der Waals surface area contributed by atoms with Gasteiger partial charge in [-0.1, -0.05) is 18.2 Å². The van der Waals surface area contributed by atoms with Crippen LogP contribution in [-0.4, -0.2) is 9.36 Å². The molecule has 1 aromatic carbocycles. The van der Waals surface area contributed by atoms with Crippen LogP contribution in [0.25, 0.3) is 5.69 Å². The first-order valence-corrected chi connectivity index (χ1v) is 8.99. The molecule has 0 radical (unpaired) electrons. The molecule has 23 heavy (non-hydrogen) atoms. The molecule has 0 atom stereocenters. The fourth-order valence-corrected chi connectivity index (χ4v) is 6.17. The number of aromatic nitrogens is 2. The molecule has 4 bridgehead atoms. The SMILES string of the molecule is Cn1c(=O)c(C23CC4CC(CC(C4)C2)C3)cn1-c1ccccc1. The lowest BCUT2D eigenvalue weighted by Crippen LogP contribution is -2.50. The van der Waals surface area contributed by atoms with Gasteiger partial charge in [-0.05, 0) is 68.4 Å². The predicted molar refractivity (Wildman–Crippen MR) is 90.9 cm³/mol. The van der Waals surface area contributed by atoms with Crippen LogP contribution < -0.4 is 5.56 Å². The van der Waals surface area contributed by atoms with Crippen LogP contribution in [0.15, 0.2) is 41.3 Å². The minimum Gasteiger partial charge on any atom is -0.267 e. The molecule has 4 saturated carbocycles. The third-order valence-electron chi connectivity index (χ3n) is 6.73. The highest BCUT2D eigenvalue weighted by molar-refractivity contribution is 5.34. The topological polar surface area (TPSA) is 26.9 Å². The fraction of sp³-hybridized carbons (Fsp3) is 0.550. The number of hydrogen-bond acceptors (Lipinski definition) is 1. The van der Waals surface area contributed by atoms with Crippen molar-refractivity contribution < 1.29 is 0 Å². The maximum atomic E-state index is 13.0. The molecule has 2 aromatic rings. The highest BCUT2D eigenvalue weighted by Crippen LogP contribution is 2.60. The van der Waals surface area contributed by atoms with Crippen LogP contribution in [0.3, 0.4) is 0 Å². The van der Waals surface area contributed by atoms with Gasteiger partial charge in [-0.25, -0.2) is 4.68 Å². The van der Waals surface area contributed by atoms with Crippen molar-refractivity contribution >= 4 is 0 Å². The summed E-state index contributed by atoms with van der Waals surface area (Å²) in [4.78, 5) is 13.0. The molecule has 4 aliphatic carbocycles. The van der Waals surface area contributed by atoms with Gasteiger partial charge in [0.05, 0.1) is 5.69 Å². The molecule has 4 fully saturated rings. The predicted octanol–water partition coefficient (Wildman–Crippen LogP) is 3.64. The maximum absolute atomic E-state index is 13.0. The second-order valence-electron chi connectivity index (χ2n) is 8.25. The van der Waals surface area contributed by atoms with Gasteiger partial charge in [0.15, 0.2) is 0 Å². The van der Waals surface area contributed by atoms with Crippen molar-refractivity contribution in [3.05, 3.63) is 52.4 Å². The molecule has 1 heterocycles. The Morgan fingerprint density at radius 3 is 2.09 bits per heavy atom. The molecule has 0 N–H and O–H groups in total. The van der Waals surface area contributed by atoms with E-state index in [-0.39, 0.29) is 11.0 Å². The lowest BCUT2D eigenvalue weighted by molar-refractivity contribution is -0.00570. The number of para-hydroxylation sites is 1. The van der Waals surface area contributed by atoms with Crippen molar-refractivity contribution in [1.29, 1.82) is 0 Å². The zero-order valence-corrected chi connectivity index (χ0v) is 13.7. The average Bonchev–Trinajstić information content (AvgIpc) is 2.83. The summed E-state index contributed by atoms with van der Waals surface area (Å²) >= 11 is 0. The zero-order chi connectivity index (χ0) is 15.6. The molecule has 1 aromatic heterocycles. The monoisotopic (exact) mass is 308 g/mol. The maximum Gasteiger partial charge on any atom is 0.270 e. The van der Waals surface area contributed by atoms with Crippen LogP contribution in [0.4, 0.5) is 0 Å². The molecule has 0 spiro atoms. The molecule has 4 aliphatic rings. The van der Waals surface area contributed by atoms with Gasteiger partial charge < -0.3 is 0 Å². The smallest absolute Gasteiger partial charge is 0.267 e. The first-order chi connectivity index (χ1) is 11.1. The van der Waals surface area contributed by atoms with Crippen molar-refractivity contribution in [3.8, 4) is 5.69 Å². The first-order valence-electron chi connectivity index (χ1n) is 8.99. The molecule has 0 unspecified atom stereocenters. The number of nitrogens with zero attached hydrogens (tertiary/aromatic N) is 2. The third-order valence-corrected chi connectivity index (χ3v) is 6.73. The van der Waals surface area contributed by atoms with E-state index in [4.69, 9.17) is 0 Å². The van der Waals surface area contributed by atoms with E-state index < -0.39 is 0 Å². The Morgan fingerprint density at radius 2 is 1.52 bits per heavy atom. The van der Waals surface area contributed by atoms with E-state index in [2.05, 4.69) is 18.3 Å². The Labute approximate surface area is 136 Å². The van der Waals surface area contributed by atoms with E-state index >= 15 is 0 Å². The van der Waals surface area contributed by atoms with Crippen molar-refractivity contribution in [2.75, 3.05) is 0 Å². The van der Waals surface area contributed by atoms with E-state index in [9.17, 15) is 4.79 Å². The lowest BCUT2D eigenvalue weighted by Gasteiger charge is -2.56. The van der Waals surface area contributed by atoms with E-state index in [0.29, 0.717) is 0 Å². The van der Waals surface area contributed by atoms with Crippen molar-refractivity contribution in [3.63, 3.8) is 0 Å². The molecule has 0 aliphatic heterocycles. The molecular formula is C20H24N2O. The van der Waals surface area contributed by atoms with Crippen molar-refractivity contribution in [2.45, 2.75) is 43.9 Å². The van der Waals surface area contributed by atoms with Gasteiger partial charge in [-0.2, -0.15) is 0 Å². The molecule has 3 heteroatoms. The minimum absolute atomic E-state index is 0.170. The standard InChI is InChI=1S/C20H24N2O/c1-21-19(23)18(13-22(21)17-5-3-2-4-6-17)20-10-14-7-15(11-20)9-16(8-14)12-20/h2-6,13-16H,7-12H2,1H3. The van der Waals surface area contributed by atoms with Crippen LogP contribution in [0.1, 0.15) is 44.1 Å². The van der Waals surface area contributed by atoms with Crippen molar-refractivity contribution in [1.82, 2.24) is 9.36 Å². The second-order valence-corrected chi connectivity index (χ2v) is 8.25. The molecule has 3 nitrogen and oxygen atoms in total. The van der Waals surface area contributed by atoms with E-state index in [1.54, 1.807) is 4.68 Å². The van der Waals surface area contributed by atoms with Gasteiger partial charge in [0.2, 0.25) is 0 Å². The summed E-state index contributed by atoms with van der Waals surface area (Å²) in [6, 6.07) is 10.2. The van der Waals surface area contributed by atoms with Crippen molar-refractivity contribution in [2.24, 2.45) is 24.8 Å². The van der Waals surface area contributed by atoms with Gasteiger partial charge in [-0.15, -0.1) is 0 Å². The van der Waals surface area contributed by atoms with Gasteiger partial charge >= 0.3 is 0 Å². The quantitative estimate of drug-likeness (QED) is 0.832.